The number of phenolic OH excluding ortho intramolecular Hbond substituents is 2. The number of amides is 2. The van der Waals surface area contributed by atoms with E-state index in [1.165, 1.54) is 7.11 Å². The second-order valence-electron chi connectivity index (χ2n) is 11.3. The predicted molar refractivity (Wildman–Crippen MR) is 178 cm³/mol. The molecule has 0 fully saturated rings. The van der Waals surface area contributed by atoms with Crippen LogP contribution in [0.25, 0.3) is 0 Å². The lowest BCUT2D eigenvalue weighted by molar-refractivity contribution is -0.120. The first kappa shape index (κ1) is 33.3. The molecule has 242 valence electrons. The van der Waals surface area contributed by atoms with Crippen molar-refractivity contribution in [2.75, 3.05) is 33.9 Å². The zero-order valence-electron chi connectivity index (χ0n) is 25.4. The topological polar surface area (TPSA) is 126 Å². The van der Waals surface area contributed by atoms with Crippen LogP contribution in [0.5, 0.6) is 28.7 Å². The summed E-state index contributed by atoms with van der Waals surface area (Å²) < 4.78 is 18.5. The number of halogens is 2. The maximum atomic E-state index is 11.9. The van der Waals surface area contributed by atoms with E-state index in [-0.39, 0.29) is 23.4 Å². The standard InChI is InChI=1S/C17H16BrNO4.C17H18BrNO4/c1-22-13-7-12(18)11-3-5-19(9-20)8-17-4-2-10(21)6-14(17)23-16(13)15(11)17;1-23-17-9-15(18)13(8-16(17)22)6-7-19(11-20)10-12-2-4-14(21)5-3-12/h2,4,7,9,14H,3,5-6,8H2,1H3;2-5,8-9,11,21-22H,6-7,10H2,1H3. The Morgan fingerprint density at radius 2 is 1.78 bits per heavy atom. The predicted octanol–water partition coefficient (Wildman–Crippen LogP) is 5.07. The molecule has 46 heavy (non-hydrogen) atoms. The number of hydrogen-bond donors (Lipinski definition) is 2. The molecule has 2 heterocycles. The summed E-state index contributed by atoms with van der Waals surface area (Å²) in [7, 11) is 3.10. The van der Waals surface area contributed by atoms with Gasteiger partial charge in [-0.1, -0.05) is 50.1 Å². The summed E-state index contributed by atoms with van der Waals surface area (Å²) in [6.07, 6.45) is 6.58. The second kappa shape index (κ2) is 14.2. The molecule has 0 aromatic heterocycles. The van der Waals surface area contributed by atoms with Crippen LogP contribution in [0.2, 0.25) is 0 Å². The molecule has 2 N–H and O–H groups in total. The fraction of sp³-hybridized carbons (Fsp3) is 0.324. The van der Waals surface area contributed by atoms with E-state index in [1.54, 1.807) is 59.4 Å². The Morgan fingerprint density at radius 1 is 1.07 bits per heavy atom. The number of carbonyl (C=O) groups is 3. The van der Waals surface area contributed by atoms with Crippen LogP contribution >= 0.6 is 31.9 Å². The van der Waals surface area contributed by atoms with Gasteiger partial charge in [0.05, 0.1) is 19.6 Å². The lowest BCUT2D eigenvalue weighted by atomic mass is 9.71. The van der Waals surface area contributed by atoms with E-state index in [0.29, 0.717) is 56.3 Å². The molecule has 3 aliphatic rings. The van der Waals surface area contributed by atoms with Gasteiger partial charge in [-0.05, 0) is 65.9 Å². The minimum Gasteiger partial charge on any atom is -0.508 e. The first-order chi connectivity index (χ1) is 22.1. The third-order valence-electron chi connectivity index (χ3n) is 8.52. The number of rotatable bonds is 9. The Balaban J connectivity index is 0.000000181. The van der Waals surface area contributed by atoms with E-state index in [0.717, 1.165) is 50.4 Å². The van der Waals surface area contributed by atoms with E-state index in [1.807, 2.05) is 12.1 Å². The average Bonchev–Trinajstić information content (AvgIpc) is 3.27. The Bertz CT molecular complexity index is 1660. The summed E-state index contributed by atoms with van der Waals surface area (Å²) in [5.41, 5.74) is 3.54. The van der Waals surface area contributed by atoms with Crippen molar-refractivity contribution in [1.82, 2.24) is 9.80 Å². The number of allylic oxidation sites excluding steroid dienone is 1. The van der Waals surface area contributed by atoms with E-state index >= 15 is 0 Å². The van der Waals surface area contributed by atoms with Crippen molar-refractivity contribution in [2.45, 2.75) is 37.3 Å². The van der Waals surface area contributed by atoms with Crippen LogP contribution in [-0.2, 0) is 39.2 Å². The molecule has 10 nitrogen and oxygen atoms in total. The highest BCUT2D eigenvalue weighted by Crippen LogP contribution is 2.55. The molecule has 6 rings (SSSR count). The van der Waals surface area contributed by atoms with Crippen molar-refractivity contribution >= 4 is 50.5 Å². The molecule has 2 aliphatic heterocycles. The van der Waals surface area contributed by atoms with Crippen LogP contribution in [0.15, 0.2) is 63.6 Å². The molecule has 0 bridgehead atoms. The zero-order valence-corrected chi connectivity index (χ0v) is 28.5. The van der Waals surface area contributed by atoms with Gasteiger partial charge in [-0.15, -0.1) is 0 Å². The number of ether oxygens (including phenoxy) is 3. The van der Waals surface area contributed by atoms with Gasteiger partial charge in [0.15, 0.2) is 28.8 Å². The summed E-state index contributed by atoms with van der Waals surface area (Å²) in [6, 6.07) is 12.0. The van der Waals surface area contributed by atoms with Crippen LogP contribution in [0.4, 0.5) is 0 Å². The minimum absolute atomic E-state index is 0.0508. The number of methoxy groups -OCH3 is 2. The molecular formula is C34H34Br2N2O8. The molecule has 2 atom stereocenters. The molecule has 0 saturated heterocycles. The van der Waals surface area contributed by atoms with Crippen molar-refractivity contribution in [3.63, 3.8) is 0 Å². The normalized spacial score (nSPS) is 19.1. The second-order valence-corrected chi connectivity index (χ2v) is 13.0. The number of ketones is 1. The quantitative estimate of drug-likeness (QED) is 0.290. The van der Waals surface area contributed by atoms with Crippen molar-refractivity contribution in [3.8, 4) is 28.7 Å². The van der Waals surface area contributed by atoms with Crippen LogP contribution in [0.3, 0.4) is 0 Å². The van der Waals surface area contributed by atoms with Gasteiger partial charge >= 0.3 is 0 Å². The van der Waals surface area contributed by atoms with Gasteiger partial charge in [-0.3, -0.25) is 14.4 Å². The highest BCUT2D eigenvalue weighted by atomic mass is 79.9. The maximum Gasteiger partial charge on any atom is 0.210 e. The van der Waals surface area contributed by atoms with E-state index in [2.05, 4.69) is 31.9 Å². The van der Waals surface area contributed by atoms with Crippen LogP contribution in [-0.4, -0.2) is 78.6 Å². The van der Waals surface area contributed by atoms with Crippen molar-refractivity contribution < 1.29 is 38.8 Å². The molecule has 3 aromatic rings. The minimum atomic E-state index is -0.479. The molecule has 0 saturated carbocycles. The van der Waals surface area contributed by atoms with Crippen LogP contribution < -0.4 is 14.2 Å². The number of carbonyl (C=O) groups excluding carboxylic acids is 3. The SMILES string of the molecule is COc1cc(Br)c(CCN(C=O)Cc2ccc(O)cc2)cc1O.COc1cc(Br)c2c3c1OC1CC(=O)C=CC31CN(C=O)CC2. The molecule has 2 unspecified atom stereocenters. The molecule has 0 radical (unpaired) electrons. The zero-order chi connectivity index (χ0) is 33.0. The molecule has 2 amide bonds. The molecule has 1 spiro atoms. The number of benzene rings is 3. The lowest BCUT2D eigenvalue weighted by Crippen LogP contribution is -2.48. The van der Waals surface area contributed by atoms with Gasteiger partial charge in [0.2, 0.25) is 12.8 Å². The number of hydrogen-bond acceptors (Lipinski definition) is 8. The highest BCUT2D eigenvalue weighted by Gasteiger charge is 2.54. The van der Waals surface area contributed by atoms with Crippen molar-refractivity contribution in [1.29, 1.82) is 0 Å². The average molecular weight is 758 g/mol. The third-order valence-corrected chi connectivity index (χ3v) is 9.97. The fourth-order valence-electron chi connectivity index (χ4n) is 6.17. The smallest absolute Gasteiger partial charge is 0.210 e. The first-order valence-electron chi connectivity index (χ1n) is 14.6. The van der Waals surface area contributed by atoms with Gasteiger partial charge < -0.3 is 34.2 Å². The van der Waals surface area contributed by atoms with E-state index < -0.39 is 5.41 Å². The number of nitrogens with zero attached hydrogens (tertiary/aromatic N) is 2. The Hall–Kier alpha value is -4.03. The lowest BCUT2D eigenvalue weighted by Gasteiger charge is -2.35. The van der Waals surface area contributed by atoms with Gasteiger partial charge in [-0.25, -0.2) is 0 Å². The number of aromatic hydroxyl groups is 2. The first-order valence-corrected chi connectivity index (χ1v) is 16.2. The monoisotopic (exact) mass is 756 g/mol. The highest BCUT2D eigenvalue weighted by molar-refractivity contribution is 9.10. The van der Waals surface area contributed by atoms with Crippen molar-refractivity contribution in [3.05, 3.63) is 85.8 Å². The summed E-state index contributed by atoms with van der Waals surface area (Å²) in [6.45, 7) is 2.14. The molecule has 1 aliphatic carbocycles. The van der Waals surface area contributed by atoms with Gasteiger partial charge in [0.1, 0.15) is 11.9 Å². The van der Waals surface area contributed by atoms with Crippen LogP contribution in [0.1, 0.15) is 28.7 Å². The maximum absolute atomic E-state index is 11.9. The Kier molecular flexibility index (Phi) is 10.3. The van der Waals surface area contributed by atoms with Crippen LogP contribution in [0, 0.1) is 0 Å². The molecule has 12 heteroatoms. The third kappa shape index (κ3) is 6.73. The summed E-state index contributed by atoms with van der Waals surface area (Å²) in [5.74, 6) is 2.09. The van der Waals surface area contributed by atoms with Gasteiger partial charge in [-0.2, -0.15) is 0 Å². The Labute approximate surface area is 283 Å². The number of phenols is 2. The fourth-order valence-corrected chi connectivity index (χ4v) is 7.30. The summed E-state index contributed by atoms with van der Waals surface area (Å²) in [5, 5.41) is 19.1. The molecular weight excluding hydrogens is 724 g/mol. The largest absolute Gasteiger partial charge is 0.508 e. The molecule has 3 aromatic carbocycles. The van der Waals surface area contributed by atoms with Crippen molar-refractivity contribution in [2.24, 2.45) is 0 Å². The van der Waals surface area contributed by atoms with Gasteiger partial charge in [0.25, 0.3) is 0 Å². The van der Waals surface area contributed by atoms with Gasteiger partial charge in [0, 0.05) is 47.1 Å². The Morgan fingerprint density at radius 3 is 2.46 bits per heavy atom. The summed E-state index contributed by atoms with van der Waals surface area (Å²) >= 11 is 7.07. The summed E-state index contributed by atoms with van der Waals surface area (Å²) in [4.78, 5) is 38.0. The van der Waals surface area contributed by atoms with E-state index in [9.17, 15) is 24.6 Å². The van der Waals surface area contributed by atoms with E-state index in [4.69, 9.17) is 14.2 Å².